The number of esters is 1. The predicted octanol–water partition coefficient (Wildman–Crippen LogP) is 3.43. The fourth-order valence-corrected chi connectivity index (χ4v) is 5.12. The molecule has 1 aliphatic rings. The molecule has 8 heteroatoms. The highest BCUT2D eigenvalue weighted by Crippen LogP contribution is 2.22. The second-order valence-corrected chi connectivity index (χ2v) is 9.49. The maximum Gasteiger partial charge on any atom is 0.338 e. The van der Waals surface area contributed by atoms with E-state index in [-0.39, 0.29) is 23.7 Å². The molecule has 4 rings (SSSR count). The number of anilines is 1. The van der Waals surface area contributed by atoms with Crippen LogP contribution in [0.25, 0.3) is 0 Å². The molecule has 33 heavy (non-hydrogen) atoms. The summed E-state index contributed by atoms with van der Waals surface area (Å²) in [5.41, 5.74) is 1.27. The fourth-order valence-electron chi connectivity index (χ4n) is 3.65. The first-order chi connectivity index (χ1) is 16.0. The molecule has 0 aliphatic carbocycles. The normalized spacial score (nSPS) is 14.6. The van der Waals surface area contributed by atoms with Gasteiger partial charge in [-0.1, -0.05) is 42.5 Å². The van der Waals surface area contributed by atoms with E-state index >= 15 is 0 Å². The topological polar surface area (TPSA) is 76.1 Å². The van der Waals surface area contributed by atoms with Crippen molar-refractivity contribution in [1.29, 1.82) is 0 Å². The zero-order valence-corrected chi connectivity index (χ0v) is 19.0. The first-order valence-corrected chi connectivity index (χ1v) is 12.2. The maximum absolute atomic E-state index is 13.2. The number of carbonyl (C=O) groups excluding carboxylic acids is 1. The number of piperazine rings is 1. The molecule has 1 saturated heterocycles. The zero-order valence-electron chi connectivity index (χ0n) is 18.2. The van der Waals surface area contributed by atoms with E-state index in [1.165, 1.54) is 16.4 Å². The summed E-state index contributed by atoms with van der Waals surface area (Å²) in [4.78, 5) is 14.7. The van der Waals surface area contributed by atoms with Crippen LogP contribution >= 0.6 is 0 Å². The van der Waals surface area contributed by atoms with E-state index in [0.717, 1.165) is 5.69 Å². The number of para-hydroxylation sites is 2. The average Bonchev–Trinajstić information content (AvgIpc) is 2.88. The van der Waals surface area contributed by atoms with Crippen LogP contribution in [0.15, 0.2) is 89.8 Å². The third-order valence-corrected chi connectivity index (χ3v) is 7.29. The summed E-state index contributed by atoms with van der Waals surface area (Å²) in [5.74, 6) is 0.103. The zero-order chi connectivity index (χ0) is 23.1. The Balaban J connectivity index is 1.34. The largest absolute Gasteiger partial charge is 0.490 e. The Bertz CT molecular complexity index is 1160. The fraction of sp³-hybridized carbons (Fsp3) is 0.240. The summed E-state index contributed by atoms with van der Waals surface area (Å²) in [7, 11) is -3.71. The highest BCUT2D eigenvalue weighted by atomic mass is 32.2. The van der Waals surface area contributed by atoms with Gasteiger partial charge in [0.2, 0.25) is 10.0 Å². The van der Waals surface area contributed by atoms with E-state index in [9.17, 15) is 13.2 Å². The third kappa shape index (κ3) is 5.71. The van der Waals surface area contributed by atoms with Gasteiger partial charge in [-0.3, -0.25) is 0 Å². The number of carbonyl (C=O) groups is 1. The Kier molecular flexibility index (Phi) is 7.26. The van der Waals surface area contributed by atoms with E-state index in [4.69, 9.17) is 9.47 Å². The van der Waals surface area contributed by atoms with Crippen LogP contribution in [0.5, 0.6) is 5.75 Å². The van der Waals surface area contributed by atoms with Gasteiger partial charge in [0.25, 0.3) is 0 Å². The van der Waals surface area contributed by atoms with Crippen molar-refractivity contribution < 1.29 is 22.7 Å². The molecule has 0 amide bonds. The van der Waals surface area contributed by atoms with Gasteiger partial charge in [-0.15, -0.1) is 0 Å². The van der Waals surface area contributed by atoms with Gasteiger partial charge < -0.3 is 14.4 Å². The lowest BCUT2D eigenvalue weighted by atomic mass is 10.2. The number of sulfonamides is 1. The quantitative estimate of drug-likeness (QED) is 0.374. The van der Waals surface area contributed by atoms with Crippen molar-refractivity contribution in [3.05, 3.63) is 90.5 Å². The third-order valence-electron chi connectivity index (χ3n) is 5.40. The summed E-state index contributed by atoms with van der Waals surface area (Å²) in [6.07, 6.45) is 0. The van der Waals surface area contributed by atoms with Gasteiger partial charge in [0.05, 0.1) is 10.5 Å². The Morgan fingerprint density at radius 2 is 1.45 bits per heavy atom. The van der Waals surface area contributed by atoms with Crippen molar-refractivity contribution in [2.45, 2.75) is 4.90 Å². The first-order valence-electron chi connectivity index (χ1n) is 10.8. The van der Waals surface area contributed by atoms with Crippen LogP contribution in [0, 0.1) is 0 Å². The standard InChI is InChI=1S/C25H26N2O5S/c28-25(32-19-18-31-23-11-5-2-6-12-23)21-8-7-13-24(20-21)33(29,30)27-16-14-26(15-17-27)22-9-3-1-4-10-22/h1-13,20H,14-19H2. The molecule has 0 aromatic heterocycles. The van der Waals surface area contributed by atoms with Gasteiger partial charge in [-0.25, -0.2) is 13.2 Å². The maximum atomic E-state index is 13.2. The molecule has 7 nitrogen and oxygen atoms in total. The Morgan fingerprint density at radius 3 is 2.15 bits per heavy atom. The van der Waals surface area contributed by atoms with Crippen molar-refractivity contribution in [2.75, 3.05) is 44.3 Å². The first kappa shape index (κ1) is 22.8. The number of hydrogen-bond donors (Lipinski definition) is 0. The molecule has 0 N–H and O–H groups in total. The lowest BCUT2D eigenvalue weighted by Crippen LogP contribution is -2.48. The van der Waals surface area contributed by atoms with Crippen LogP contribution in [0.2, 0.25) is 0 Å². The van der Waals surface area contributed by atoms with Crippen molar-refractivity contribution >= 4 is 21.7 Å². The van der Waals surface area contributed by atoms with E-state index in [1.54, 1.807) is 12.1 Å². The molecule has 3 aromatic carbocycles. The molecular weight excluding hydrogens is 440 g/mol. The van der Waals surface area contributed by atoms with Gasteiger partial charge in [0, 0.05) is 31.9 Å². The molecule has 0 bridgehead atoms. The van der Waals surface area contributed by atoms with Crippen LogP contribution < -0.4 is 9.64 Å². The molecule has 0 unspecified atom stereocenters. The van der Waals surface area contributed by atoms with Crippen LogP contribution in [0.3, 0.4) is 0 Å². The Morgan fingerprint density at radius 1 is 0.788 bits per heavy atom. The number of hydrogen-bond acceptors (Lipinski definition) is 6. The minimum atomic E-state index is -3.71. The number of ether oxygens (including phenoxy) is 2. The van der Waals surface area contributed by atoms with E-state index in [0.29, 0.717) is 31.9 Å². The lowest BCUT2D eigenvalue weighted by molar-refractivity contribution is 0.0450. The molecule has 1 fully saturated rings. The van der Waals surface area contributed by atoms with Gasteiger partial charge in [0.15, 0.2) is 0 Å². The second-order valence-electron chi connectivity index (χ2n) is 7.55. The second kappa shape index (κ2) is 10.5. The SMILES string of the molecule is O=C(OCCOc1ccccc1)c1cccc(S(=O)(=O)N2CCN(c3ccccc3)CC2)c1. The van der Waals surface area contributed by atoms with Crippen LogP contribution in [-0.2, 0) is 14.8 Å². The van der Waals surface area contributed by atoms with Gasteiger partial charge in [0.1, 0.15) is 19.0 Å². The van der Waals surface area contributed by atoms with Crippen LogP contribution in [-0.4, -0.2) is 58.1 Å². The average molecular weight is 467 g/mol. The summed E-state index contributed by atoms with van der Waals surface area (Å²) in [6.45, 7) is 2.23. The summed E-state index contributed by atoms with van der Waals surface area (Å²) >= 11 is 0. The number of rotatable bonds is 8. The summed E-state index contributed by atoms with van der Waals surface area (Å²) in [6, 6.07) is 25.2. The summed E-state index contributed by atoms with van der Waals surface area (Å²) < 4.78 is 38.5. The van der Waals surface area contributed by atoms with E-state index in [1.807, 2.05) is 60.7 Å². The summed E-state index contributed by atoms with van der Waals surface area (Å²) in [5, 5.41) is 0. The van der Waals surface area contributed by atoms with E-state index < -0.39 is 16.0 Å². The monoisotopic (exact) mass is 466 g/mol. The number of benzene rings is 3. The molecule has 1 aliphatic heterocycles. The lowest BCUT2D eigenvalue weighted by Gasteiger charge is -2.35. The van der Waals surface area contributed by atoms with Gasteiger partial charge in [-0.2, -0.15) is 4.31 Å². The minimum absolute atomic E-state index is 0.0617. The molecule has 3 aromatic rings. The molecule has 172 valence electrons. The molecule has 0 atom stereocenters. The minimum Gasteiger partial charge on any atom is -0.490 e. The van der Waals surface area contributed by atoms with Crippen molar-refractivity contribution in [1.82, 2.24) is 4.31 Å². The van der Waals surface area contributed by atoms with E-state index in [2.05, 4.69) is 4.90 Å². The van der Waals surface area contributed by atoms with Gasteiger partial charge >= 0.3 is 5.97 Å². The smallest absolute Gasteiger partial charge is 0.338 e. The Labute approximate surface area is 194 Å². The highest BCUT2D eigenvalue weighted by Gasteiger charge is 2.29. The van der Waals surface area contributed by atoms with Crippen molar-refractivity contribution in [3.63, 3.8) is 0 Å². The van der Waals surface area contributed by atoms with Crippen molar-refractivity contribution in [3.8, 4) is 5.75 Å². The highest BCUT2D eigenvalue weighted by molar-refractivity contribution is 7.89. The van der Waals surface area contributed by atoms with Crippen LogP contribution in [0.1, 0.15) is 10.4 Å². The molecular formula is C25H26N2O5S. The Hall–Kier alpha value is -3.36. The predicted molar refractivity (Wildman–Crippen MR) is 126 cm³/mol. The van der Waals surface area contributed by atoms with Crippen molar-refractivity contribution in [2.24, 2.45) is 0 Å². The molecule has 0 radical (unpaired) electrons. The molecule has 0 saturated carbocycles. The molecule has 0 spiro atoms. The van der Waals surface area contributed by atoms with Gasteiger partial charge in [-0.05, 0) is 42.5 Å². The van der Waals surface area contributed by atoms with Crippen LogP contribution in [0.4, 0.5) is 5.69 Å². The number of nitrogens with zero attached hydrogens (tertiary/aromatic N) is 2. The molecule has 1 heterocycles.